The maximum Gasteiger partial charge on any atom is 0.244 e. The van der Waals surface area contributed by atoms with E-state index in [2.05, 4.69) is 45.5 Å². The minimum absolute atomic E-state index is 0.0197. The van der Waals surface area contributed by atoms with Gasteiger partial charge in [-0.3, -0.25) is 9.78 Å². The number of ether oxygens (including phenoxy) is 1. The van der Waals surface area contributed by atoms with E-state index in [4.69, 9.17) is 4.74 Å². The lowest BCUT2D eigenvalue weighted by atomic mass is 9.91. The molecule has 3 fully saturated rings. The van der Waals surface area contributed by atoms with E-state index in [-0.39, 0.29) is 12.0 Å². The fourth-order valence-electron chi connectivity index (χ4n) is 5.68. The largest absolute Gasteiger partial charge is 0.374 e. The van der Waals surface area contributed by atoms with Gasteiger partial charge in [-0.05, 0) is 66.2 Å². The van der Waals surface area contributed by atoms with Crippen LogP contribution in [0.15, 0.2) is 60.9 Å². The average Bonchev–Trinajstić information content (AvgIpc) is 3.29. The highest BCUT2D eigenvalue weighted by Gasteiger charge is 2.54. The van der Waals surface area contributed by atoms with Gasteiger partial charge in [0.1, 0.15) is 0 Å². The second-order valence-corrected chi connectivity index (χ2v) is 9.57. The van der Waals surface area contributed by atoms with Crippen molar-refractivity contribution in [1.82, 2.24) is 15.2 Å². The first-order chi connectivity index (χ1) is 15.8. The number of benzene rings is 1. The van der Waals surface area contributed by atoms with Gasteiger partial charge in [0.05, 0.1) is 6.10 Å². The molecule has 4 unspecified atom stereocenters. The van der Waals surface area contributed by atoms with E-state index in [1.165, 1.54) is 31.6 Å². The zero-order valence-electron chi connectivity index (χ0n) is 18.6. The van der Waals surface area contributed by atoms with Crippen molar-refractivity contribution in [3.8, 4) is 0 Å². The van der Waals surface area contributed by atoms with Gasteiger partial charge >= 0.3 is 0 Å². The number of nitrogens with zero attached hydrogens (tertiary/aromatic N) is 2. The lowest BCUT2D eigenvalue weighted by molar-refractivity contribution is -0.116. The standard InChI is InChI=1S/C27H33N3O2/c31-27(9-8-20-5-4-12-28-16-20)29-13-10-23-24-18-30(19-25(23)24)17-21-11-14-32-26(15-21)22-6-2-1-3-7-22/h1-9,12,16,21,23-26H,10-11,13-15,17-19H2,(H,29,31)/b9-8+. The molecule has 2 aromatic rings. The highest BCUT2D eigenvalue weighted by molar-refractivity contribution is 5.91. The van der Waals surface area contributed by atoms with Gasteiger partial charge < -0.3 is 15.0 Å². The van der Waals surface area contributed by atoms with Crippen molar-refractivity contribution < 1.29 is 9.53 Å². The lowest BCUT2D eigenvalue weighted by Crippen LogP contribution is -2.34. The molecule has 3 heterocycles. The Kier molecular flexibility index (Phi) is 6.65. The van der Waals surface area contributed by atoms with E-state index in [1.807, 2.05) is 18.2 Å². The number of rotatable bonds is 8. The third-order valence-corrected chi connectivity index (χ3v) is 7.42. The van der Waals surface area contributed by atoms with Gasteiger partial charge in [0.25, 0.3) is 0 Å². The number of hydrogen-bond donors (Lipinski definition) is 1. The number of piperidine rings is 1. The quantitative estimate of drug-likeness (QED) is 0.643. The fourth-order valence-corrected chi connectivity index (χ4v) is 5.68. The first-order valence-electron chi connectivity index (χ1n) is 12.0. The Labute approximate surface area is 190 Å². The van der Waals surface area contributed by atoms with Crippen LogP contribution in [-0.2, 0) is 9.53 Å². The van der Waals surface area contributed by atoms with Crippen LogP contribution in [0.4, 0.5) is 0 Å². The Balaban J connectivity index is 0.994. The second-order valence-electron chi connectivity index (χ2n) is 9.57. The predicted molar refractivity (Wildman–Crippen MR) is 126 cm³/mol. The Bertz CT molecular complexity index is 905. The molecule has 0 bridgehead atoms. The predicted octanol–water partition coefficient (Wildman–Crippen LogP) is 3.95. The van der Waals surface area contributed by atoms with Gasteiger partial charge in [-0.25, -0.2) is 0 Å². The van der Waals surface area contributed by atoms with Crippen LogP contribution in [0.3, 0.4) is 0 Å². The number of likely N-dealkylation sites (tertiary alicyclic amines) is 1. The molecule has 1 amide bonds. The second kappa shape index (κ2) is 9.97. The number of carbonyl (C=O) groups excluding carboxylic acids is 1. The topological polar surface area (TPSA) is 54.5 Å². The van der Waals surface area contributed by atoms with E-state index in [0.717, 1.165) is 55.2 Å². The Morgan fingerprint density at radius 3 is 2.78 bits per heavy atom. The van der Waals surface area contributed by atoms with E-state index in [0.29, 0.717) is 0 Å². The molecule has 0 spiro atoms. The summed E-state index contributed by atoms with van der Waals surface area (Å²) >= 11 is 0. The van der Waals surface area contributed by atoms with Crippen LogP contribution >= 0.6 is 0 Å². The van der Waals surface area contributed by atoms with Crippen molar-refractivity contribution in [3.05, 3.63) is 72.1 Å². The number of hydrogen-bond acceptors (Lipinski definition) is 4. The van der Waals surface area contributed by atoms with Crippen molar-refractivity contribution in [1.29, 1.82) is 0 Å². The van der Waals surface area contributed by atoms with Gasteiger partial charge in [-0.1, -0.05) is 36.4 Å². The Morgan fingerprint density at radius 1 is 1.16 bits per heavy atom. The molecule has 3 aliphatic rings. The summed E-state index contributed by atoms with van der Waals surface area (Å²) in [6.07, 6.45) is 10.6. The highest BCUT2D eigenvalue weighted by atomic mass is 16.5. The first kappa shape index (κ1) is 21.4. The zero-order chi connectivity index (χ0) is 21.8. The molecule has 1 aliphatic carbocycles. The molecule has 5 heteroatoms. The summed E-state index contributed by atoms with van der Waals surface area (Å²) in [5.74, 6) is 3.18. The number of carbonyl (C=O) groups is 1. The summed E-state index contributed by atoms with van der Waals surface area (Å²) in [4.78, 5) is 18.8. The molecule has 5 nitrogen and oxygen atoms in total. The summed E-state index contributed by atoms with van der Waals surface area (Å²) in [6.45, 7) is 5.33. The van der Waals surface area contributed by atoms with Gasteiger partial charge in [-0.15, -0.1) is 0 Å². The molecule has 32 heavy (non-hydrogen) atoms. The van der Waals surface area contributed by atoms with Crippen LogP contribution in [-0.4, -0.2) is 48.6 Å². The minimum atomic E-state index is -0.0197. The fraction of sp³-hybridized carbons (Fsp3) is 0.481. The van der Waals surface area contributed by atoms with E-state index in [1.54, 1.807) is 18.5 Å². The van der Waals surface area contributed by atoms with Crippen LogP contribution in [0, 0.1) is 23.7 Å². The number of pyridine rings is 1. The molecule has 1 N–H and O–H groups in total. The number of nitrogens with one attached hydrogen (secondary N) is 1. The minimum Gasteiger partial charge on any atom is -0.374 e. The van der Waals surface area contributed by atoms with E-state index in [9.17, 15) is 4.79 Å². The highest BCUT2D eigenvalue weighted by Crippen LogP contribution is 2.53. The summed E-state index contributed by atoms with van der Waals surface area (Å²) in [6, 6.07) is 14.5. The summed E-state index contributed by atoms with van der Waals surface area (Å²) in [5, 5.41) is 3.04. The van der Waals surface area contributed by atoms with Crippen molar-refractivity contribution in [2.45, 2.75) is 25.4 Å². The molecule has 4 atom stereocenters. The summed E-state index contributed by atoms with van der Waals surface area (Å²) in [5.41, 5.74) is 2.26. The van der Waals surface area contributed by atoms with E-state index >= 15 is 0 Å². The van der Waals surface area contributed by atoms with Gasteiger partial charge in [-0.2, -0.15) is 0 Å². The smallest absolute Gasteiger partial charge is 0.244 e. The summed E-state index contributed by atoms with van der Waals surface area (Å²) in [7, 11) is 0. The molecule has 2 aliphatic heterocycles. The normalized spacial score (nSPS) is 29.7. The number of fused-ring (bicyclic) bond motifs is 1. The Hall–Kier alpha value is -2.50. The molecule has 1 aromatic heterocycles. The van der Waals surface area contributed by atoms with Crippen LogP contribution in [0.25, 0.3) is 6.08 Å². The van der Waals surface area contributed by atoms with Gasteiger partial charge in [0.2, 0.25) is 5.91 Å². The van der Waals surface area contributed by atoms with Gasteiger partial charge in [0, 0.05) is 51.3 Å². The molecule has 168 valence electrons. The van der Waals surface area contributed by atoms with Crippen molar-refractivity contribution >= 4 is 12.0 Å². The molecule has 2 saturated heterocycles. The van der Waals surface area contributed by atoms with Crippen LogP contribution in [0.2, 0.25) is 0 Å². The third-order valence-electron chi connectivity index (χ3n) is 7.42. The molecule has 1 saturated carbocycles. The monoisotopic (exact) mass is 431 g/mol. The summed E-state index contributed by atoms with van der Waals surface area (Å²) < 4.78 is 6.05. The Morgan fingerprint density at radius 2 is 2.00 bits per heavy atom. The van der Waals surface area contributed by atoms with Crippen LogP contribution < -0.4 is 5.32 Å². The first-order valence-corrected chi connectivity index (χ1v) is 12.0. The lowest BCUT2D eigenvalue weighted by Gasteiger charge is -2.33. The number of aromatic nitrogens is 1. The molecular weight excluding hydrogens is 398 g/mol. The molecule has 0 radical (unpaired) electrons. The van der Waals surface area contributed by atoms with Crippen molar-refractivity contribution in [3.63, 3.8) is 0 Å². The van der Waals surface area contributed by atoms with Crippen molar-refractivity contribution in [2.24, 2.45) is 23.7 Å². The van der Waals surface area contributed by atoms with Gasteiger partial charge in [0.15, 0.2) is 0 Å². The van der Waals surface area contributed by atoms with Crippen LogP contribution in [0.5, 0.6) is 0 Å². The molecular formula is C27H33N3O2. The number of amides is 1. The van der Waals surface area contributed by atoms with E-state index < -0.39 is 0 Å². The maximum atomic E-state index is 12.0. The zero-order valence-corrected chi connectivity index (χ0v) is 18.6. The maximum absolute atomic E-state index is 12.0. The molecule has 5 rings (SSSR count). The SMILES string of the molecule is O=C(/C=C/c1cccnc1)NCCC1C2CN(CC3CCOC(c4ccccc4)C3)CC12. The third kappa shape index (κ3) is 5.28. The molecule has 1 aromatic carbocycles. The van der Waals surface area contributed by atoms with Crippen molar-refractivity contribution in [2.75, 3.05) is 32.8 Å². The van der Waals surface area contributed by atoms with Crippen LogP contribution in [0.1, 0.15) is 36.5 Å². The average molecular weight is 432 g/mol.